The first kappa shape index (κ1) is 17.5. The van der Waals surface area contributed by atoms with Crippen molar-refractivity contribution in [1.82, 2.24) is 25.5 Å². The molecule has 0 atom stereocenters. The van der Waals surface area contributed by atoms with Crippen molar-refractivity contribution < 1.29 is 13.9 Å². The number of hydrogen-bond acceptors (Lipinski definition) is 5. The molecule has 0 saturated heterocycles. The van der Waals surface area contributed by atoms with Crippen molar-refractivity contribution in [3.8, 4) is 11.4 Å². The smallest absolute Gasteiger partial charge is 0.258 e. The Hall–Kier alpha value is -3.29. The highest BCUT2D eigenvalue weighted by molar-refractivity contribution is 5.77. The predicted octanol–water partition coefficient (Wildman–Crippen LogP) is 2.11. The SMILES string of the molecule is Cc1ccc(-n2nnnc2CNC(=O)COc2ccccc2F)cc1C. The second kappa shape index (κ2) is 7.73. The summed E-state index contributed by atoms with van der Waals surface area (Å²) >= 11 is 0. The molecule has 134 valence electrons. The van der Waals surface area contributed by atoms with Crippen LogP contribution >= 0.6 is 0 Å². The van der Waals surface area contributed by atoms with Crippen LogP contribution in [0.5, 0.6) is 5.75 Å². The molecule has 0 aliphatic rings. The van der Waals surface area contributed by atoms with E-state index in [4.69, 9.17) is 4.74 Å². The van der Waals surface area contributed by atoms with E-state index in [0.29, 0.717) is 5.82 Å². The number of carbonyl (C=O) groups excluding carboxylic acids is 1. The monoisotopic (exact) mass is 355 g/mol. The molecule has 3 rings (SSSR count). The lowest BCUT2D eigenvalue weighted by atomic mass is 10.1. The largest absolute Gasteiger partial charge is 0.481 e. The van der Waals surface area contributed by atoms with Gasteiger partial charge in [0.25, 0.3) is 5.91 Å². The van der Waals surface area contributed by atoms with Gasteiger partial charge in [0.1, 0.15) is 0 Å². The fourth-order valence-electron chi connectivity index (χ4n) is 2.31. The number of amides is 1. The number of aryl methyl sites for hydroxylation is 2. The van der Waals surface area contributed by atoms with Gasteiger partial charge in [0, 0.05) is 0 Å². The van der Waals surface area contributed by atoms with Crippen LogP contribution in [0.4, 0.5) is 4.39 Å². The van der Waals surface area contributed by atoms with E-state index < -0.39 is 11.7 Å². The van der Waals surface area contributed by atoms with Crippen molar-refractivity contribution in [3.05, 3.63) is 65.2 Å². The number of halogens is 1. The van der Waals surface area contributed by atoms with Crippen molar-refractivity contribution >= 4 is 5.91 Å². The van der Waals surface area contributed by atoms with Crippen molar-refractivity contribution in [2.45, 2.75) is 20.4 Å². The maximum atomic E-state index is 13.5. The number of aromatic nitrogens is 4. The van der Waals surface area contributed by atoms with Gasteiger partial charge in [-0.15, -0.1) is 5.10 Å². The second-order valence-corrected chi connectivity index (χ2v) is 5.77. The highest BCUT2D eigenvalue weighted by Crippen LogP contribution is 2.15. The quantitative estimate of drug-likeness (QED) is 0.732. The van der Waals surface area contributed by atoms with Gasteiger partial charge >= 0.3 is 0 Å². The van der Waals surface area contributed by atoms with Crippen LogP contribution in [0.2, 0.25) is 0 Å². The highest BCUT2D eigenvalue weighted by Gasteiger charge is 2.11. The summed E-state index contributed by atoms with van der Waals surface area (Å²) in [5, 5.41) is 14.2. The molecule has 26 heavy (non-hydrogen) atoms. The summed E-state index contributed by atoms with van der Waals surface area (Å²) in [6.07, 6.45) is 0. The van der Waals surface area contributed by atoms with Crippen molar-refractivity contribution in [2.24, 2.45) is 0 Å². The molecule has 0 unspecified atom stereocenters. The van der Waals surface area contributed by atoms with E-state index in [0.717, 1.165) is 11.3 Å². The van der Waals surface area contributed by atoms with Gasteiger partial charge in [-0.05, 0) is 59.7 Å². The molecule has 0 fully saturated rings. The van der Waals surface area contributed by atoms with E-state index in [2.05, 4.69) is 20.8 Å². The highest BCUT2D eigenvalue weighted by atomic mass is 19.1. The zero-order valence-electron chi connectivity index (χ0n) is 14.4. The predicted molar refractivity (Wildman–Crippen MR) is 92.4 cm³/mol. The number of para-hydroxylation sites is 1. The van der Waals surface area contributed by atoms with Crippen LogP contribution in [-0.4, -0.2) is 32.7 Å². The minimum Gasteiger partial charge on any atom is -0.481 e. The summed E-state index contributed by atoms with van der Waals surface area (Å²) < 4.78 is 20.2. The summed E-state index contributed by atoms with van der Waals surface area (Å²) in [4.78, 5) is 11.9. The average Bonchev–Trinajstić information content (AvgIpc) is 3.10. The van der Waals surface area contributed by atoms with E-state index in [-0.39, 0.29) is 18.9 Å². The lowest BCUT2D eigenvalue weighted by molar-refractivity contribution is -0.123. The number of ether oxygens (including phenoxy) is 1. The Morgan fingerprint density at radius 1 is 1.19 bits per heavy atom. The van der Waals surface area contributed by atoms with Crippen LogP contribution in [-0.2, 0) is 11.3 Å². The number of carbonyl (C=O) groups is 1. The molecule has 8 heteroatoms. The molecule has 1 heterocycles. The molecular formula is C18H18FN5O2. The maximum absolute atomic E-state index is 13.5. The Kier molecular flexibility index (Phi) is 5.21. The lowest BCUT2D eigenvalue weighted by Gasteiger charge is -2.09. The third-order valence-corrected chi connectivity index (χ3v) is 3.91. The lowest BCUT2D eigenvalue weighted by Crippen LogP contribution is -2.29. The molecule has 0 aliphatic carbocycles. The van der Waals surface area contributed by atoms with Crippen molar-refractivity contribution in [2.75, 3.05) is 6.61 Å². The first-order valence-electron chi connectivity index (χ1n) is 8.03. The van der Waals surface area contributed by atoms with E-state index in [1.807, 2.05) is 32.0 Å². The maximum Gasteiger partial charge on any atom is 0.258 e. The molecule has 0 aliphatic heterocycles. The minimum absolute atomic E-state index is 0.0302. The molecule has 2 aromatic carbocycles. The fraction of sp³-hybridized carbons (Fsp3) is 0.222. The minimum atomic E-state index is -0.515. The summed E-state index contributed by atoms with van der Waals surface area (Å²) in [5.41, 5.74) is 3.10. The number of nitrogens with zero attached hydrogens (tertiary/aromatic N) is 4. The number of nitrogens with one attached hydrogen (secondary N) is 1. The van der Waals surface area contributed by atoms with E-state index in [1.54, 1.807) is 16.8 Å². The first-order chi connectivity index (χ1) is 12.5. The zero-order chi connectivity index (χ0) is 18.5. The standard InChI is InChI=1S/C18H18FN5O2/c1-12-7-8-14(9-13(12)2)24-17(21-22-23-24)10-20-18(25)11-26-16-6-4-3-5-15(16)19/h3-9H,10-11H2,1-2H3,(H,20,25). The Morgan fingerprint density at radius 2 is 2.00 bits per heavy atom. The summed E-state index contributed by atoms with van der Waals surface area (Å²) in [6, 6.07) is 11.8. The summed E-state index contributed by atoms with van der Waals surface area (Å²) in [7, 11) is 0. The van der Waals surface area contributed by atoms with Crippen molar-refractivity contribution in [3.63, 3.8) is 0 Å². The molecule has 0 spiro atoms. The molecule has 1 aromatic heterocycles. The Bertz CT molecular complexity index is 925. The average molecular weight is 355 g/mol. The van der Waals surface area contributed by atoms with E-state index in [9.17, 15) is 9.18 Å². The molecule has 0 radical (unpaired) electrons. The summed E-state index contributed by atoms with van der Waals surface area (Å²) in [6.45, 7) is 3.85. The Balaban J connectivity index is 1.60. The van der Waals surface area contributed by atoms with Crippen LogP contribution in [0.1, 0.15) is 17.0 Å². The van der Waals surface area contributed by atoms with Gasteiger partial charge in [0.15, 0.2) is 24.0 Å². The molecule has 7 nitrogen and oxygen atoms in total. The fourth-order valence-corrected chi connectivity index (χ4v) is 2.31. The van der Waals surface area contributed by atoms with Crippen molar-refractivity contribution in [1.29, 1.82) is 0 Å². The number of rotatable bonds is 6. The van der Waals surface area contributed by atoms with Gasteiger partial charge in [-0.3, -0.25) is 4.79 Å². The first-order valence-corrected chi connectivity index (χ1v) is 8.03. The van der Waals surface area contributed by atoms with Crippen LogP contribution in [0, 0.1) is 19.7 Å². The zero-order valence-corrected chi connectivity index (χ0v) is 14.4. The molecule has 1 N–H and O–H groups in total. The number of hydrogen-bond donors (Lipinski definition) is 1. The molecule has 1 amide bonds. The third-order valence-electron chi connectivity index (χ3n) is 3.91. The topological polar surface area (TPSA) is 81.9 Å². The van der Waals surface area contributed by atoms with Gasteiger partial charge < -0.3 is 10.1 Å². The van der Waals surface area contributed by atoms with Gasteiger partial charge in [0.05, 0.1) is 12.2 Å². The molecule has 3 aromatic rings. The summed E-state index contributed by atoms with van der Waals surface area (Å²) in [5.74, 6) is -0.406. The third kappa shape index (κ3) is 4.02. The number of tetrazole rings is 1. The molecule has 0 bridgehead atoms. The van der Waals surface area contributed by atoms with Crippen LogP contribution in [0.25, 0.3) is 5.69 Å². The van der Waals surface area contributed by atoms with Crippen LogP contribution < -0.4 is 10.1 Å². The van der Waals surface area contributed by atoms with Gasteiger partial charge in [-0.25, -0.2) is 4.39 Å². The second-order valence-electron chi connectivity index (χ2n) is 5.77. The van der Waals surface area contributed by atoms with Crippen LogP contribution in [0.3, 0.4) is 0 Å². The Morgan fingerprint density at radius 3 is 2.77 bits per heavy atom. The van der Waals surface area contributed by atoms with E-state index in [1.165, 1.54) is 17.7 Å². The van der Waals surface area contributed by atoms with Gasteiger partial charge in [0.2, 0.25) is 0 Å². The van der Waals surface area contributed by atoms with Crippen LogP contribution in [0.15, 0.2) is 42.5 Å². The normalized spacial score (nSPS) is 10.6. The Labute approximate surface area is 149 Å². The van der Waals surface area contributed by atoms with E-state index >= 15 is 0 Å². The number of benzene rings is 2. The van der Waals surface area contributed by atoms with Gasteiger partial charge in [-0.2, -0.15) is 4.68 Å². The molecule has 0 saturated carbocycles. The van der Waals surface area contributed by atoms with Gasteiger partial charge in [-0.1, -0.05) is 18.2 Å². The molecular weight excluding hydrogens is 337 g/mol.